The van der Waals surface area contributed by atoms with Crippen LogP contribution in [0, 0.1) is 10.1 Å². The van der Waals surface area contributed by atoms with E-state index in [1.54, 1.807) is 6.07 Å². The molecule has 0 spiro atoms. The molecule has 2 rings (SSSR count). The van der Waals surface area contributed by atoms with E-state index in [4.69, 9.17) is 5.73 Å². The zero-order valence-corrected chi connectivity index (χ0v) is 9.76. The molecule has 0 aliphatic carbocycles. The SMILES string of the molecule is Nc1cc([N+](=O)[O-])ccc1N1CCCCCC1. The van der Waals surface area contributed by atoms with E-state index < -0.39 is 4.92 Å². The maximum atomic E-state index is 10.6. The van der Waals surface area contributed by atoms with Gasteiger partial charge >= 0.3 is 0 Å². The number of nitro groups is 1. The summed E-state index contributed by atoms with van der Waals surface area (Å²) in [5.74, 6) is 0. The van der Waals surface area contributed by atoms with Crippen molar-refractivity contribution in [3.05, 3.63) is 28.3 Å². The smallest absolute Gasteiger partial charge is 0.271 e. The van der Waals surface area contributed by atoms with Crippen molar-refractivity contribution in [2.75, 3.05) is 23.7 Å². The number of nitro benzene ring substituents is 1. The summed E-state index contributed by atoms with van der Waals surface area (Å²) in [6.45, 7) is 1.98. The molecule has 1 aromatic rings. The largest absolute Gasteiger partial charge is 0.397 e. The molecule has 1 aliphatic rings. The summed E-state index contributed by atoms with van der Waals surface area (Å²) in [6, 6.07) is 4.73. The monoisotopic (exact) mass is 235 g/mol. The first-order valence-corrected chi connectivity index (χ1v) is 5.97. The minimum Gasteiger partial charge on any atom is -0.397 e. The maximum Gasteiger partial charge on any atom is 0.271 e. The normalized spacial score (nSPS) is 16.6. The zero-order chi connectivity index (χ0) is 12.3. The van der Waals surface area contributed by atoms with Crippen LogP contribution in [0.5, 0.6) is 0 Å². The molecule has 1 aromatic carbocycles. The molecule has 17 heavy (non-hydrogen) atoms. The lowest BCUT2D eigenvalue weighted by Gasteiger charge is -2.23. The molecule has 0 bridgehead atoms. The van der Waals surface area contributed by atoms with Crippen LogP contribution in [0.3, 0.4) is 0 Å². The molecule has 5 nitrogen and oxygen atoms in total. The van der Waals surface area contributed by atoms with E-state index in [1.165, 1.54) is 25.0 Å². The van der Waals surface area contributed by atoms with Crippen LogP contribution in [0.2, 0.25) is 0 Å². The average molecular weight is 235 g/mol. The van der Waals surface area contributed by atoms with Gasteiger partial charge in [-0.1, -0.05) is 12.8 Å². The Balaban J connectivity index is 2.22. The molecule has 2 N–H and O–H groups in total. The molecule has 5 heteroatoms. The Morgan fingerprint density at radius 3 is 2.35 bits per heavy atom. The summed E-state index contributed by atoms with van der Waals surface area (Å²) in [5, 5.41) is 10.6. The number of nitrogens with zero attached hydrogens (tertiary/aromatic N) is 2. The van der Waals surface area contributed by atoms with Crippen LogP contribution in [0.1, 0.15) is 25.7 Å². The summed E-state index contributed by atoms with van der Waals surface area (Å²) in [6.07, 6.45) is 4.83. The highest BCUT2D eigenvalue weighted by atomic mass is 16.6. The highest BCUT2D eigenvalue weighted by molar-refractivity contribution is 5.70. The summed E-state index contributed by atoms with van der Waals surface area (Å²) in [5.41, 5.74) is 7.38. The quantitative estimate of drug-likeness (QED) is 0.485. The molecule has 0 radical (unpaired) electrons. The van der Waals surface area contributed by atoms with Gasteiger partial charge in [0, 0.05) is 25.2 Å². The Hall–Kier alpha value is -1.78. The fourth-order valence-corrected chi connectivity index (χ4v) is 2.26. The second-order valence-electron chi connectivity index (χ2n) is 4.40. The third-order valence-electron chi connectivity index (χ3n) is 3.17. The van der Waals surface area contributed by atoms with Crippen LogP contribution < -0.4 is 10.6 Å². The first kappa shape index (κ1) is 11.7. The molecule has 92 valence electrons. The Morgan fingerprint density at radius 1 is 1.18 bits per heavy atom. The van der Waals surface area contributed by atoms with Gasteiger partial charge in [-0.2, -0.15) is 0 Å². The summed E-state index contributed by atoms with van der Waals surface area (Å²) in [7, 11) is 0. The van der Waals surface area contributed by atoms with Crippen LogP contribution in [0.4, 0.5) is 17.1 Å². The Kier molecular flexibility index (Phi) is 3.46. The van der Waals surface area contributed by atoms with E-state index in [0.717, 1.165) is 31.6 Å². The van der Waals surface area contributed by atoms with Gasteiger partial charge < -0.3 is 10.6 Å². The van der Waals surface area contributed by atoms with E-state index in [2.05, 4.69) is 4.90 Å². The first-order valence-electron chi connectivity index (χ1n) is 5.97. The van der Waals surface area contributed by atoms with Crippen molar-refractivity contribution in [3.8, 4) is 0 Å². The Morgan fingerprint density at radius 2 is 1.82 bits per heavy atom. The van der Waals surface area contributed by atoms with Crippen LogP contribution in [-0.4, -0.2) is 18.0 Å². The number of hydrogen-bond acceptors (Lipinski definition) is 4. The second kappa shape index (κ2) is 5.03. The topological polar surface area (TPSA) is 72.4 Å². The fraction of sp³-hybridized carbons (Fsp3) is 0.500. The van der Waals surface area contributed by atoms with E-state index in [9.17, 15) is 10.1 Å². The molecule has 1 heterocycles. The first-order chi connectivity index (χ1) is 8.18. The van der Waals surface area contributed by atoms with E-state index >= 15 is 0 Å². The van der Waals surface area contributed by atoms with Gasteiger partial charge in [0.1, 0.15) is 0 Å². The minimum atomic E-state index is -0.414. The lowest BCUT2D eigenvalue weighted by molar-refractivity contribution is -0.384. The average Bonchev–Trinajstić information content (AvgIpc) is 2.57. The van der Waals surface area contributed by atoms with Crippen molar-refractivity contribution < 1.29 is 4.92 Å². The summed E-state index contributed by atoms with van der Waals surface area (Å²) < 4.78 is 0. The maximum absolute atomic E-state index is 10.6. The van der Waals surface area contributed by atoms with Crippen molar-refractivity contribution in [1.29, 1.82) is 0 Å². The molecule has 0 amide bonds. The molecular formula is C12H17N3O2. The van der Waals surface area contributed by atoms with Crippen molar-refractivity contribution in [1.82, 2.24) is 0 Å². The van der Waals surface area contributed by atoms with Crippen molar-refractivity contribution >= 4 is 17.1 Å². The van der Waals surface area contributed by atoms with E-state index in [-0.39, 0.29) is 5.69 Å². The molecular weight excluding hydrogens is 218 g/mol. The lowest BCUT2D eigenvalue weighted by Crippen LogP contribution is -2.24. The number of nitrogens with two attached hydrogens (primary N) is 1. The summed E-state index contributed by atoms with van der Waals surface area (Å²) in [4.78, 5) is 12.4. The van der Waals surface area contributed by atoms with Gasteiger partial charge in [-0.05, 0) is 18.9 Å². The molecule has 1 aliphatic heterocycles. The Bertz CT molecular complexity index is 412. The zero-order valence-electron chi connectivity index (χ0n) is 9.76. The van der Waals surface area contributed by atoms with Gasteiger partial charge in [-0.25, -0.2) is 0 Å². The minimum absolute atomic E-state index is 0.0565. The number of nitrogen functional groups attached to an aromatic ring is 1. The highest BCUT2D eigenvalue weighted by Crippen LogP contribution is 2.29. The van der Waals surface area contributed by atoms with E-state index in [0.29, 0.717) is 5.69 Å². The van der Waals surface area contributed by atoms with Crippen LogP contribution in [-0.2, 0) is 0 Å². The fourth-order valence-electron chi connectivity index (χ4n) is 2.26. The van der Waals surface area contributed by atoms with Gasteiger partial charge in [0.2, 0.25) is 0 Å². The van der Waals surface area contributed by atoms with E-state index in [1.807, 2.05) is 0 Å². The van der Waals surface area contributed by atoms with Gasteiger partial charge in [0.25, 0.3) is 5.69 Å². The third-order valence-corrected chi connectivity index (χ3v) is 3.17. The van der Waals surface area contributed by atoms with Crippen molar-refractivity contribution in [2.24, 2.45) is 0 Å². The second-order valence-corrected chi connectivity index (χ2v) is 4.40. The number of hydrogen-bond donors (Lipinski definition) is 1. The number of rotatable bonds is 2. The number of benzene rings is 1. The van der Waals surface area contributed by atoms with Gasteiger partial charge in [-0.15, -0.1) is 0 Å². The molecule has 0 atom stereocenters. The van der Waals surface area contributed by atoms with Crippen LogP contribution in [0.25, 0.3) is 0 Å². The molecule has 0 unspecified atom stereocenters. The predicted molar refractivity (Wildman–Crippen MR) is 68.2 cm³/mol. The van der Waals surface area contributed by atoms with Gasteiger partial charge in [-0.3, -0.25) is 10.1 Å². The standard InChI is InChI=1S/C12H17N3O2/c13-11-9-10(15(16)17)5-6-12(11)14-7-3-1-2-4-8-14/h5-6,9H,1-4,7-8,13H2. The molecule has 0 saturated carbocycles. The van der Waals surface area contributed by atoms with Crippen LogP contribution >= 0.6 is 0 Å². The molecule has 1 saturated heterocycles. The molecule has 0 aromatic heterocycles. The van der Waals surface area contributed by atoms with Gasteiger partial charge in [0.05, 0.1) is 16.3 Å². The summed E-state index contributed by atoms with van der Waals surface area (Å²) >= 11 is 0. The lowest BCUT2D eigenvalue weighted by atomic mass is 10.2. The number of anilines is 2. The number of non-ortho nitro benzene ring substituents is 1. The van der Waals surface area contributed by atoms with Gasteiger partial charge in [0.15, 0.2) is 0 Å². The highest BCUT2D eigenvalue weighted by Gasteiger charge is 2.15. The van der Waals surface area contributed by atoms with Crippen molar-refractivity contribution in [2.45, 2.75) is 25.7 Å². The predicted octanol–water partition coefficient (Wildman–Crippen LogP) is 2.56. The van der Waals surface area contributed by atoms with Crippen LogP contribution in [0.15, 0.2) is 18.2 Å². The third kappa shape index (κ3) is 2.67. The molecule has 1 fully saturated rings. The Labute approximate surface area is 100 Å². The van der Waals surface area contributed by atoms with Crippen molar-refractivity contribution in [3.63, 3.8) is 0 Å².